The van der Waals surface area contributed by atoms with E-state index in [1.807, 2.05) is 6.92 Å². The minimum atomic E-state index is -0.506. The van der Waals surface area contributed by atoms with E-state index in [2.05, 4.69) is 13.8 Å². The molecule has 0 heterocycles. The van der Waals surface area contributed by atoms with Crippen molar-refractivity contribution in [3.8, 4) is 0 Å². The third-order valence-electron chi connectivity index (χ3n) is 2.81. The van der Waals surface area contributed by atoms with Crippen molar-refractivity contribution in [3.63, 3.8) is 0 Å². The van der Waals surface area contributed by atoms with Gasteiger partial charge in [0.05, 0.1) is 12.7 Å². The first-order chi connectivity index (χ1) is 9.51. The van der Waals surface area contributed by atoms with Crippen LogP contribution in [0.15, 0.2) is 11.6 Å². The largest absolute Gasteiger partial charge is 0.433 e. The number of unbranched alkanes of at least 4 members (excludes halogenated alkanes) is 2. The molecule has 4 heteroatoms. The van der Waals surface area contributed by atoms with E-state index in [4.69, 9.17) is 14.2 Å². The monoisotopic (exact) mass is 286 g/mol. The van der Waals surface area contributed by atoms with Gasteiger partial charge in [-0.25, -0.2) is 4.79 Å². The summed E-state index contributed by atoms with van der Waals surface area (Å²) >= 11 is 0. The van der Waals surface area contributed by atoms with Gasteiger partial charge in [-0.05, 0) is 39.7 Å². The predicted octanol–water partition coefficient (Wildman–Crippen LogP) is 3.84. The van der Waals surface area contributed by atoms with Crippen molar-refractivity contribution >= 4 is 5.97 Å². The number of carbonyl (C=O) groups excluding carboxylic acids is 1. The smallest absolute Gasteiger partial charge is 0.335 e. The molecule has 0 bridgehead atoms. The molecule has 0 aromatic carbocycles. The lowest BCUT2D eigenvalue weighted by Crippen LogP contribution is -2.20. The predicted molar refractivity (Wildman–Crippen MR) is 80.5 cm³/mol. The van der Waals surface area contributed by atoms with Gasteiger partial charge in [0.25, 0.3) is 0 Å². The van der Waals surface area contributed by atoms with Gasteiger partial charge in [0.1, 0.15) is 0 Å². The summed E-state index contributed by atoms with van der Waals surface area (Å²) in [5.41, 5.74) is 0.555. The fourth-order valence-electron chi connectivity index (χ4n) is 1.55. The van der Waals surface area contributed by atoms with Crippen LogP contribution in [0.1, 0.15) is 60.3 Å². The highest BCUT2D eigenvalue weighted by atomic mass is 16.7. The zero-order chi connectivity index (χ0) is 15.4. The zero-order valence-electron chi connectivity index (χ0n) is 13.6. The standard InChI is InChI=1S/C16H30O4/c1-6-8-10-18-14(4)12-13(3)16(17)20-15(5)19-11-9-7-2/h12,14-15H,6-11H2,1-5H3/b13-12+. The molecule has 0 aromatic rings. The van der Waals surface area contributed by atoms with Gasteiger partial charge < -0.3 is 14.2 Å². The Hall–Kier alpha value is -0.870. The summed E-state index contributed by atoms with van der Waals surface area (Å²) < 4.78 is 16.2. The Morgan fingerprint density at radius 2 is 1.60 bits per heavy atom. The van der Waals surface area contributed by atoms with E-state index in [1.54, 1.807) is 19.9 Å². The zero-order valence-corrected chi connectivity index (χ0v) is 13.6. The normalized spacial score (nSPS) is 14.9. The molecule has 0 spiro atoms. The van der Waals surface area contributed by atoms with Crippen molar-refractivity contribution in [2.75, 3.05) is 13.2 Å². The second kappa shape index (κ2) is 11.9. The molecule has 0 aromatic heterocycles. The Balaban J connectivity index is 4.05. The van der Waals surface area contributed by atoms with Crippen LogP contribution in [0.3, 0.4) is 0 Å². The van der Waals surface area contributed by atoms with Gasteiger partial charge in [0.2, 0.25) is 0 Å². The van der Waals surface area contributed by atoms with Gasteiger partial charge in [0.15, 0.2) is 6.29 Å². The summed E-state index contributed by atoms with van der Waals surface area (Å²) in [6.45, 7) is 10.9. The Morgan fingerprint density at radius 3 is 2.15 bits per heavy atom. The van der Waals surface area contributed by atoms with Crippen LogP contribution < -0.4 is 0 Å². The first-order valence-corrected chi connectivity index (χ1v) is 7.63. The fraction of sp³-hybridized carbons (Fsp3) is 0.812. The average molecular weight is 286 g/mol. The van der Waals surface area contributed by atoms with E-state index in [0.29, 0.717) is 18.8 Å². The molecule has 0 saturated heterocycles. The van der Waals surface area contributed by atoms with Crippen LogP contribution in [0.5, 0.6) is 0 Å². The van der Waals surface area contributed by atoms with Crippen LogP contribution in [0.25, 0.3) is 0 Å². The molecule has 0 fully saturated rings. The second-order valence-corrected chi connectivity index (χ2v) is 4.98. The maximum atomic E-state index is 11.8. The Morgan fingerprint density at radius 1 is 1.05 bits per heavy atom. The number of hydrogen-bond donors (Lipinski definition) is 0. The molecule has 0 radical (unpaired) electrons. The Labute approximate surface area is 123 Å². The molecular formula is C16H30O4. The first-order valence-electron chi connectivity index (χ1n) is 7.63. The number of hydrogen-bond acceptors (Lipinski definition) is 4. The SMILES string of the molecule is CCCCOC(C)/C=C(\C)C(=O)OC(C)OCCCC. The van der Waals surface area contributed by atoms with Gasteiger partial charge in [-0.2, -0.15) is 0 Å². The first kappa shape index (κ1) is 19.1. The summed E-state index contributed by atoms with van der Waals surface area (Å²) in [6, 6.07) is 0. The summed E-state index contributed by atoms with van der Waals surface area (Å²) in [7, 11) is 0. The lowest BCUT2D eigenvalue weighted by molar-refractivity contribution is -0.170. The maximum Gasteiger partial charge on any atom is 0.335 e. The van der Waals surface area contributed by atoms with E-state index in [0.717, 1.165) is 25.7 Å². The number of esters is 1. The third-order valence-corrected chi connectivity index (χ3v) is 2.81. The van der Waals surface area contributed by atoms with E-state index in [1.165, 1.54) is 0 Å². The topological polar surface area (TPSA) is 44.8 Å². The maximum absolute atomic E-state index is 11.8. The average Bonchev–Trinajstić information content (AvgIpc) is 2.39. The molecule has 2 unspecified atom stereocenters. The molecule has 0 amide bonds. The van der Waals surface area contributed by atoms with Gasteiger partial charge in [-0.1, -0.05) is 26.7 Å². The van der Waals surface area contributed by atoms with Crippen molar-refractivity contribution in [2.24, 2.45) is 0 Å². The molecule has 0 aliphatic heterocycles. The van der Waals surface area contributed by atoms with Crippen molar-refractivity contribution < 1.29 is 19.0 Å². The van der Waals surface area contributed by atoms with Crippen LogP contribution in [0.2, 0.25) is 0 Å². The molecule has 4 nitrogen and oxygen atoms in total. The molecule has 0 rings (SSSR count). The summed E-state index contributed by atoms with van der Waals surface area (Å²) in [4.78, 5) is 11.8. The molecule has 2 atom stereocenters. The minimum Gasteiger partial charge on any atom is -0.433 e. The van der Waals surface area contributed by atoms with Crippen molar-refractivity contribution in [1.82, 2.24) is 0 Å². The molecule has 118 valence electrons. The van der Waals surface area contributed by atoms with Gasteiger partial charge in [-0.15, -0.1) is 0 Å². The lowest BCUT2D eigenvalue weighted by atomic mass is 10.2. The quantitative estimate of drug-likeness (QED) is 0.250. The summed E-state index contributed by atoms with van der Waals surface area (Å²) in [5, 5.41) is 0. The highest BCUT2D eigenvalue weighted by molar-refractivity contribution is 5.87. The minimum absolute atomic E-state index is 0.0783. The lowest BCUT2D eigenvalue weighted by Gasteiger charge is -2.15. The van der Waals surface area contributed by atoms with Crippen LogP contribution >= 0.6 is 0 Å². The molecule has 0 aliphatic carbocycles. The summed E-state index contributed by atoms with van der Waals surface area (Å²) in [6.07, 6.45) is 5.37. The second-order valence-electron chi connectivity index (χ2n) is 4.98. The van der Waals surface area contributed by atoms with Crippen molar-refractivity contribution in [1.29, 1.82) is 0 Å². The Kier molecular flexibility index (Phi) is 11.4. The number of ether oxygens (including phenoxy) is 3. The number of carbonyl (C=O) groups is 1. The molecule has 20 heavy (non-hydrogen) atoms. The van der Waals surface area contributed by atoms with Gasteiger partial charge in [-0.3, -0.25) is 0 Å². The Bertz CT molecular complexity index is 286. The van der Waals surface area contributed by atoms with E-state index >= 15 is 0 Å². The number of rotatable bonds is 11. The van der Waals surface area contributed by atoms with Gasteiger partial charge >= 0.3 is 5.97 Å². The van der Waals surface area contributed by atoms with Crippen LogP contribution in [-0.4, -0.2) is 31.6 Å². The van der Waals surface area contributed by atoms with Crippen LogP contribution in [-0.2, 0) is 19.0 Å². The highest BCUT2D eigenvalue weighted by Crippen LogP contribution is 2.06. The molecule has 0 saturated carbocycles. The molecule has 0 N–H and O–H groups in total. The fourth-order valence-corrected chi connectivity index (χ4v) is 1.55. The van der Waals surface area contributed by atoms with Crippen LogP contribution in [0, 0.1) is 0 Å². The van der Waals surface area contributed by atoms with Crippen molar-refractivity contribution in [3.05, 3.63) is 11.6 Å². The van der Waals surface area contributed by atoms with Crippen LogP contribution in [0.4, 0.5) is 0 Å². The van der Waals surface area contributed by atoms with E-state index < -0.39 is 6.29 Å². The van der Waals surface area contributed by atoms with Crippen molar-refractivity contribution in [2.45, 2.75) is 72.7 Å². The van der Waals surface area contributed by atoms with E-state index in [-0.39, 0.29) is 12.1 Å². The van der Waals surface area contributed by atoms with E-state index in [9.17, 15) is 4.79 Å². The summed E-state index contributed by atoms with van der Waals surface area (Å²) in [5.74, 6) is -0.347. The third kappa shape index (κ3) is 9.98. The molecule has 0 aliphatic rings. The van der Waals surface area contributed by atoms with Gasteiger partial charge in [0, 0.05) is 12.2 Å². The highest BCUT2D eigenvalue weighted by Gasteiger charge is 2.12. The molecular weight excluding hydrogens is 256 g/mol.